The molecule has 0 bridgehead atoms. The fourth-order valence-electron chi connectivity index (χ4n) is 2.04. The summed E-state index contributed by atoms with van der Waals surface area (Å²) in [5.74, 6) is 8.60. The van der Waals surface area contributed by atoms with Crippen molar-refractivity contribution in [1.29, 1.82) is 0 Å². The summed E-state index contributed by atoms with van der Waals surface area (Å²) >= 11 is 0. The van der Waals surface area contributed by atoms with Crippen LogP contribution in [0.4, 0.5) is 11.6 Å². The first-order chi connectivity index (χ1) is 8.60. The smallest absolute Gasteiger partial charge is 0.145 e. The molecule has 1 heterocycles. The molecule has 5 nitrogen and oxygen atoms in total. The molecule has 1 aliphatic rings. The standard InChI is InChI=1S/C13H23N5/c1-9(2)6-7-18(11-4-5-11)13-8-12(17-14)15-10(3)16-13/h8-9,11H,4-7,14H2,1-3H3,(H,15,16,17). The Balaban J connectivity index is 2.16. The Bertz CT molecular complexity index is 400. The van der Waals surface area contributed by atoms with Crippen LogP contribution in [0.15, 0.2) is 6.07 Å². The van der Waals surface area contributed by atoms with Gasteiger partial charge in [-0.3, -0.25) is 0 Å². The average Bonchev–Trinajstić information content (AvgIpc) is 3.12. The second-order valence-corrected chi connectivity index (χ2v) is 5.41. The number of aryl methyl sites for hydroxylation is 1. The van der Waals surface area contributed by atoms with Crippen molar-refractivity contribution < 1.29 is 0 Å². The minimum atomic E-state index is 0.656. The number of nitrogen functional groups attached to an aromatic ring is 1. The zero-order chi connectivity index (χ0) is 13.1. The van der Waals surface area contributed by atoms with E-state index in [1.807, 2.05) is 13.0 Å². The Morgan fingerprint density at radius 1 is 1.44 bits per heavy atom. The van der Waals surface area contributed by atoms with Crippen molar-refractivity contribution in [2.24, 2.45) is 11.8 Å². The van der Waals surface area contributed by atoms with Gasteiger partial charge >= 0.3 is 0 Å². The number of anilines is 2. The Morgan fingerprint density at radius 2 is 2.17 bits per heavy atom. The van der Waals surface area contributed by atoms with Crippen LogP contribution >= 0.6 is 0 Å². The molecule has 0 unspecified atom stereocenters. The normalized spacial score (nSPS) is 14.9. The third-order valence-corrected chi connectivity index (χ3v) is 3.20. The van der Waals surface area contributed by atoms with Crippen molar-refractivity contribution in [3.05, 3.63) is 11.9 Å². The van der Waals surface area contributed by atoms with E-state index in [9.17, 15) is 0 Å². The molecule has 0 aliphatic heterocycles. The second-order valence-electron chi connectivity index (χ2n) is 5.41. The van der Waals surface area contributed by atoms with Gasteiger partial charge in [0.2, 0.25) is 0 Å². The van der Waals surface area contributed by atoms with Crippen LogP contribution in [0.5, 0.6) is 0 Å². The molecule has 0 aromatic carbocycles. The van der Waals surface area contributed by atoms with E-state index in [4.69, 9.17) is 5.84 Å². The molecule has 1 aromatic heterocycles. The highest BCUT2D eigenvalue weighted by Gasteiger charge is 2.30. The minimum Gasteiger partial charge on any atom is -0.353 e. The van der Waals surface area contributed by atoms with Gasteiger partial charge in [0.25, 0.3) is 0 Å². The van der Waals surface area contributed by atoms with Gasteiger partial charge in [-0.05, 0) is 32.1 Å². The molecule has 0 spiro atoms. The number of hydrazine groups is 1. The lowest BCUT2D eigenvalue weighted by atomic mass is 10.1. The summed E-state index contributed by atoms with van der Waals surface area (Å²) in [5, 5.41) is 0. The molecule has 0 amide bonds. The molecule has 2 rings (SSSR count). The number of nitrogens with zero attached hydrogens (tertiary/aromatic N) is 3. The van der Waals surface area contributed by atoms with Gasteiger partial charge in [-0.1, -0.05) is 13.8 Å². The monoisotopic (exact) mass is 249 g/mol. The second kappa shape index (κ2) is 5.52. The lowest BCUT2D eigenvalue weighted by molar-refractivity contribution is 0.568. The first-order valence-electron chi connectivity index (χ1n) is 6.69. The van der Waals surface area contributed by atoms with Crippen LogP contribution in [0.1, 0.15) is 38.9 Å². The maximum atomic E-state index is 5.44. The lowest BCUT2D eigenvalue weighted by Crippen LogP contribution is -2.29. The van der Waals surface area contributed by atoms with E-state index in [0.29, 0.717) is 17.8 Å². The highest BCUT2D eigenvalue weighted by molar-refractivity contribution is 5.50. The molecule has 1 saturated carbocycles. The van der Waals surface area contributed by atoms with Crippen LogP contribution in [0.25, 0.3) is 0 Å². The summed E-state index contributed by atoms with van der Waals surface area (Å²) in [6, 6.07) is 2.59. The lowest BCUT2D eigenvalue weighted by Gasteiger charge is -2.25. The van der Waals surface area contributed by atoms with E-state index in [2.05, 4.69) is 34.1 Å². The summed E-state index contributed by atoms with van der Waals surface area (Å²) in [6.07, 6.45) is 3.73. The molecule has 5 heteroatoms. The van der Waals surface area contributed by atoms with Gasteiger partial charge in [-0.15, -0.1) is 0 Å². The molecule has 1 aliphatic carbocycles. The first kappa shape index (κ1) is 13.1. The van der Waals surface area contributed by atoms with Gasteiger partial charge in [0.1, 0.15) is 17.5 Å². The predicted molar refractivity (Wildman–Crippen MR) is 74.4 cm³/mol. The Hall–Kier alpha value is -1.36. The van der Waals surface area contributed by atoms with Crippen molar-refractivity contribution in [2.45, 2.75) is 46.1 Å². The molecule has 3 N–H and O–H groups in total. The third-order valence-electron chi connectivity index (χ3n) is 3.20. The number of aromatic nitrogens is 2. The highest BCUT2D eigenvalue weighted by Crippen LogP contribution is 2.31. The van der Waals surface area contributed by atoms with Crippen LogP contribution in [0.2, 0.25) is 0 Å². The first-order valence-corrected chi connectivity index (χ1v) is 6.69. The number of rotatable bonds is 6. The maximum Gasteiger partial charge on any atom is 0.145 e. The van der Waals surface area contributed by atoms with E-state index in [1.54, 1.807) is 0 Å². The van der Waals surface area contributed by atoms with Crippen molar-refractivity contribution in [3.63, 3.8) is 0 Å². The van der Waals surface area contributed by atoms with E-state index < -0.39 is 0 Å². The summed E-state index contributed by atoms with van der Waals surface area (Å²) in [7, 11) is 0. The zero-order valence-corrected chi connectivity index (χ0v) is 11.5. The van der Waals surface area contributed by atoms with Crippen molar-refractivity contribution in [3.8, 4) is 0 Å². The van der Waals surface area contributed by atoms with Crippen molar-refractivity contribution in [1.82, 2.24) is 9.97 Å². The molecular weight excluding hydrogens is 226 g/mol. The number of hydrogen-bond donors (Lipinski definition) is 2. The number of nitrogens with one attached hydrogen (secondary N) is 1. The SMILES string of the molecule is Cc1nc(NN)cc(N(CCC(C)C)C2CC2)n1. The van der Waals surface area contributed by atoms with Crippen molar-refractivity contribution in [2.75, 3.05) is 16.9 Å². The van der Waals surface area contributed by atoms with E-state index in [1.165, 1.54) is 19.3 Å². The van der Waals surface area contributed by atoms with Crippen LogP contribution in [0, 0.1) is 12.8 Å². The molecule has 18 heavy (non-hydrogen) atoms. The van der Waals surface area contributed by atoms with Crippen molar-refractivity contribution >= 4 is 11.6 Å². The molecule has 1 fully saturated rings. The molecule has 100 valence electrons. The molecular formula is C13H23N5. The largest absolute Gasteiger partial charge is 0.353 e. The highest BCUT2D eigenvalue weighted by atomic mass is 15.3. The summed E-state index contributed by atoms with van der Waals surface area (Å²) < 4.78 is 0. The quantitative estimate of drug-likeness (QED) is 0.597. The van der Waals surface area contributed by atoms with Gasteiger partial charge in [-0.25, -0.2) is 15.8 Å². The molecule has 0 saturated heterocycles. The van der Waals surface area contributed by atoms with Crippen LogP contribution in [-0.2, 0) is 0 Å². The number of hydrogen-bond acceptors (Lipinski definition) is 5. The van der Waals surface area contributed by atoms with Gasteiger partial charge in [0.05, 0.1) is 0 Å². The summed E-state index contributed by atoms with van der Waals surface area (Å²) in [5.41, 5.74) is 2.61. The zero-order valence-electron chi connectivity index (χ0n) is 11.5. The Morgan fingerprint density at radius 3 is 2.72 bits per heavy atom. The summed E-state index contributed by atoms with van der Waals surface area (Å²) in [6.45, 7) is 7.47. The number of nitrogens with two attached hydrogens (primary N) is 1. The minimum absolute atomic E-state index is 0.656. The Kier molecular flexibility index (Phi) is 4.01. The van der Waals surface area contributed by atoms with Gasteiger partial charge in [0, 0.05) is 18.7 Å². The van der Waals surface area contributed by atoms with E-state index >= 15 is 0 Å². The molecule has 1 aromatic rings. The third kappa shape index (κ3) is 3.32. The fourth-order valence-corrected chi connectivity index (χ4v) is 2.04. The van der Waals surface area contributed by atoms with Gasteiger partial charge < -0.3 is 10.3 Å². The van der Waals surface area contributed by atoms with Crippen LogP contribution < -0.4 is 16.2 Å². The van der Waals surface area contributed by atoms with Gasteiger partial charge in [-0.2, -0.15) is 0 Å². The molecule has 0 atom stereocenters. The van der Waals surface area contributed by atoms with Crippen LogP contribution in [0.3, 0.4) is 0 Å². The average molecular weight is 249 g/mol. The van der Waals surface area contributed by atoms with E-state index in [-0.39, 0.29) is 0 Å². The Labute approximate surface area is 109 Å². The van der Waals surface area contributed by atoms with Gasteiger partial charge in [0.15, 0.2) is 0 Å². The van der Waals surface area contributed by atoms with E-state index in [0.717, 1.165) is 18.2 Å². The maximum absolute atomic E-state index is 5.44. The predicted octanol–water partition coefficient (Wildman–Crippen LogP) is 2.09. The topological polar surface area (TPSA) is 67.1 Å². The molecule has 0 radical (unpaired) electrons. The fraction of sp³-hybridized carbons (Fsp3) is 0.692. The van der Waals surface area contributed by atoms with Crippen LogP contribution in [-0.4, -0.2) is 22.6 Å². The summed E-state index contributed by atoms with van der Waals surface area (Å²) in [4.78, 5) is 11.2.